The molecule has 0 radical (unpaired) electrons. The third-order valence-corrected chi connectivity index (χ3v) is 9.55. The molecule has 0 spiro atoms. The highest BCUT2D eigenvalue weighted by atomic mass is 19.1. The van der Waals surface area contributed by atoms with E-state index < -0.39 is 11.3 Å². The van der Waals surface area contributed by atoms with Crippen LogP contribution in [0.1, 0.15) is 88.8 Å². The Morgan fingerprint density at radius 3 is 2.69 bits per heavy atom. The highest BCUT2D eigenvalue weighted by molar-refractivity contribution is 5.84. The normalized spacial score (nSPS) is 25.0. The van der Waals surface area contributed by atoms with E-state index >= 15 is 4.39 Å². The average molecular weight is 621 g/mol. The fourth-order valence-corrected chi connectivity index (χ4v) is 6.97. The summed E-state index contributed by atoms with van der Waals surface area (Å²) in [5, 5.41) is 9.48. The van der Waals surface area contributed by atoms with Crippen LogP contribution >= 0.6 is 0 Å². The Labute approximate surface area is 264 Å². The number of rotatable bonds is 7. The van der Waals surface area contributed by atoms with Gasteiger partial charge in [0, 0.05) is 61.7 Å². The summed E-state index contributed by atoms with van der Waals surface area (Å²) in [6.07, 6.45) is 8.87. The molecule has 1 N–H and O–H groups in total. The Hall–Kier alpha value is -3.44. The molecule has 2 aromatic heterocycles. The van der Waals surface area contributed by atoms with Crippen molar-refractivity contribution in [2.24, 2.45) is 0 Å². The van der Waals surface area contributed by atoms with E-state index in [2.05, 4.69) is 35.5 Å². The molecule has 5 heterocycles. The van der Waals surface area contributed by atoms with Crippen molar-refractivity contribution in [1.82, 2.24) is 24.6 Å². The number of fused-ring (bicyclic) bond motifs is 3. The second kappa shape index (κ2) is 11.4. The Morgan fingerprint density at radius 1 is 1.20 bits per heavy atom. The lowest BCUT2D eigenvalue weighted by molar-refractivity contribution is -0.0390. The maximum absolute atomic E-state index is 15.4. The summed E-state index contributed by atoms with van der Waals surface area (Å²) in [6, 6.07) is 6.10. The first-order chi connectivity index (χ1) is 21.5. The molecular formula is C34H45FN6O4. The Balaban J connectivity index is 1.18. The van der Waals surface area contributed by atoms with E-state index in [-0.39, 0.29) is 30.4 Å². The van der Waals surface area contributed by atoms with Crippen molar-refractivity contribution in [3.05, 3.63) is 47.3 Å². The van der Waals surface area contributed by atoms with Crippen LogP contribution in [0, 0.1) is 0 Å². The van der Waals surface area contributed by atoms with Gasteiger partial charge in [-0.2, -0.15) is 5.10 Å². The van der Waals surface area contributed by atoms with Gasteiger partial charge in [0.1, 0.15) is 29.1 Å². The van der Waals surface area contributed by atoms with E-state index in [1.165, 1.54) is 5.56 Å². The molecule has 45 heavy (non-hydrogen) atoms. The summed E-state index contributed by atoms with van der Waals surface area (Å²) >= 11 is 0. The molecule has 2 saturated heterocycles. The number of aromatic nitrogens is 3. The largest absolute Gasteiger partial charge is 0.496 e. The van der Waals surface area contributed by atoms with Gasteiger partial charge in [0.2, 0.25) is 0 Å². The van der Waals surface area contributed by atoms with Gasteiger partial charge in [-0.25, -0.2) is 18.9 Å². The standard InChI is InChI=1S/C34H45FN6O4/c1-21-14-24-23(9-10-27-26(24)19-41(38-27)30-8-6-7-13-44-30)31(40(21)20-34(35)11-12-34)25-16-36-29(15-28(25)43-5)37-22-17-39(18-22)32(42)45-33(2,3)4/h9-10,15-16,19,21-22,30-31H,6-8,11-14,17-18,20H2,1-5H3,(H,36,37)/t21-,30?,31+/m1/s1. The molecule has 1 aliphatic carbocycles. The number of anilines is 1. The van der Waals surface area contributed by atoms with Crippen LogP contribution < -0.4 is 10.1 Å². The first-order valence-corrected chi connectivity index (χ1v) is 16.4. The van der Waals surface area contributed by atoms with Crippen molar-refractivity contribution in [2.75, 3.05) is 38.7 Å². The van der Waals surface area contributed by atoms with E-state index in [9.17, 15) is 4.79 Å². The van der Waals surface area contributed by atoms with E-state index in [0.29, 0.717) is 44.0 Å². The van der Waals surface area contributed by atoms with Gasteiger partial charge in [-0.15, -0.1) is 0 Å². The van der Waals surface area contributed by atoms with E-state index in [4.69, 9.17) is 24.3 Å². The van der Waals surface area contributed by atoms with Crippen LogP contribution in [-0.4, -0.2) is 87.4 Å². The number of carbonyl (C=O) groups is 1. The molecule has 242 valence electrons. The van der Waals surface area contributed by atoms with Crippen LogP contribution in [0.2, 0.25) is 0 Å². The molecule has 1 saturated carbocycles. The number of pyridine rings is 1. The quantitative estimate of drug-likeness (QED) is 0.344. The maximum Gasteiger partial charge on any atom is 0.410 e. The fraction of sp³-hybridized carbons (Fsp3) is 0.618. The zero-order valence-corrected chi connectivity index (χ0v) is 27.0. The summed E-state index contributed by atoms with van der Waals surface area (Å²) < 4.78 is 34.9. The molecule has 3 aliphatic heterocycles. The lowest BCUT2D eigenvalue weighted by Gasteiger charge is -2.43. The first kappa shape index (κ1) is 30.2. The molecule has 1 aromatic carbocycles. The third-order valence-electron chi connectivity index (χ3n) is 9.55. The topological polar surface area (TPSA) is 94.0 Å². The molecule has 10 nitrogen and oxygen atoms in total. The Morgan fingerprint density at radius 2 is 2.00 bits per heavy atom. The fourth-order valence-electron chi connectivity index (χ4n) is 6.97. The SMILES string of the molecule is COc1cc(NC2CN(C(=O)OC(C)(C)C)C2)ncc1[C@@H]1c2ccc3nn(C4CCCCO4)cc3c2C[C@@H](C)N1CC1(F)CC1. The van der Waals surface area contributed by atoms with Gasteiger partial charge >= 0.3 is 6.09 Å². The van der Waals surface area contributed by atoms with Gasteiger partial charge in [0.05, 0.1) is 24.7 Å². The number of ether oxygens (including phenoxy) is 3. The van der Waals surface area contributed by atoms with Gasteiger partial charge in [0.15, 0.2) is 0 Å². The van der Waals surface area contributed by atoms with Crippen molar-refractivity contribution >= 4 is 22.8 Å². The molecule has 4 aliphatic rings. The molecule has 1 amide bonds. The van der Waals surface area contributed by atoms with Crippen molar-refractivity contribution in [1.29, 1.82) is 0 Å². The first-order valence-electron chi connectivity index (χ1n) is 16.4. The molecule has 1 unspecified atom stereocenters. The molecule has 3 atom stereocenters. The number of alkyl halides is 1. The monoisotopic (exact) mass is 620 g/mol. The smallest absolute Gasteiger partial charge is 0.410 e. The number of nitrogens with zero attached hydrogens (tertiary/aromatic N) is 5. The second-order valence-electron chi connectivity index (χ2n) is 14.3. The van der Waals surface area contributed by atoms with Gasteiger partial charge in [0.25, 0.3) is 0 Å². The Bertz CT molecular complexity index is 1570. The van der Waals surface area contributed by atoms with Gasteiger partial charge in [-0.1, -0.05) is 6.07 Å². The van der Waals surface area contributed by atoms with Crippen LogP contribution in [0.15, 0.2) is 30.6 Å². The van der Waals surface area contributed by atoms with Crippen LogP contribution in [0.5, 0.6) is 5.75 Å². The summed E-state index contributed by atoms with van der Waals surface area (Å²) in [4.78, 5) is 21.2. The highest BCUT2D eigenvalue weighted by Gasteiger charge is 2.48. The summed E-state index contributed by atoms with van der Waals surface area (Å²) in [5.41, 5.74) is 2.57. The van der Waals surface area contributed by atoms with Gasteiger partial charge in [-0.3, -0.25) is 4.90 Å². The summed E-state index contributed by atoms with van der Waals surface area (Å²) in [7, 11) is 1.67. The predicted octanol–water partition coefficient (Wildman–Crippen LogP) is 6.01. The van der Waals surface area contributed by atoms with Crippen LogP contribution in [0.4, 0.5) is 15.0 Å². The van der Waals surface area contributed by atoms with Crippen molar-refractivity contribution < 1.29 is 23.4 Å². The number of amides is 1. The lowest BCUT2D eigenvalue weighted by atomic mass is 9.83. The molecular weight excluding hydrogens is 575 g/mol. The zero-order valence-electron chi connectivity index (χ0n) is 27.0. The molecule has 3 aromatic rings. The van der Waals surface area contributed by atoms with Gasteiger partial charge in [-0.05, 0) is 83.4 Å². The molecule has 0 bridgehead atoms. The number of hydrogen-bond donors (Lipinski definition) is 1. The second-order valence-corrected chi connectivity index (χ2v) is 14.3. The third kappa shape index (κ3) is 6.08. The van der Waals surface area contributed by atoms with Crippen molar-refractivity contribution in [3.63, 3.8) is 0 Å². The molecule has 11 heteroatoms. The Kier molecular flexibility index (Phi) is 7.67. The van der Waals surface area contributed by atoms with Crippen molar-refractivity contribution in [3.8, 4) is 5.75 Å². The predicted molar refractivity (Wildman–Crippen MR) is 169 cm³/mol. The number of likely N-dealkylation sites (tertiary alicyclic amines) is 1. The van der Waals surface area contributed by atoms with Gasteiger partial charge < -0.3 is 24.4 Å². The number of nitrogens with one attached hydrogen (secondary N) is 1. The van der Waals surface area contributed by atoms with E-state index in [1.54, 1.807) is 12.0 Å². The number of hydrogen-bond acceptors (Lipinski definition) is 8. The van der Waals surface area contributed by atoms with Crippen LogP contribution in [-0.2, 0) is 15.9 Å². The summed E-state index contributed by atoms with van der Waals surface area (Å²) in [6.45, 7) is 10.0. The van der Waals surface area contributed by atoms with E-state index in [0.717, 1.165) is 54.3 Å². The zero-order chi connectivity index (χ0) is 31.5. The maximum atomic E-state index is 15.4. The minimum Gasteiger partial charge on any atom is -0.496 e. The molecule has 3 fully saturated rings. The average Bonchev–Trinajstić information content (AvgIpc) is 3.54. The van der Waals surface area contributed by atoms with E-state index in [1.807, 2.05) is 37.7 Å². The minimum atomic E-state index is -1.15. The minimum absolute atomic E-state index is 0.0346. The van der Waals surface area contributed by atoms with Crippen LogP contribution in [0.3, 0.4) is 0 Å². The highest BCUT2D eigenvalue weighted by Crippen LogP contribution is 2.48. The van der Waals surface area contributed by atoms with Crippen molar-refractivity contribution in [2.45, 2.75) is 102 Å². The molecule has 7 rings (SSSR count). The summed E-state index contributed by atoms with van der Waals surface area (Å²) in [5.74, 6) is 1.37. The van der Waals surface area contributed by atoms with Crippen LogP contribution in [0.25, 0.3) is 10.9 Å². The number of halogens is 1. The number of methoxy groups -OCH3 is 1. The number of benzene rings is 1. The number of carbonyl (C=O) groups excluding carboxylic acids is 1. The lowest BCUT2D eigenvalue weighted by Crippen LogP contribution is -2.58.